The van der Waals surface area contributed by atoms with Crippen molar-refractivity contribution in [3.05, 3.63) is 79.1 Å². The second-order valence-electron chi connectivity index (χ2n) is 5.95. The normalized spacial score (nSPS) is 10.6. The number of pyridine rings is 1. The molecule has 0 fully saturated rings. The van der Waals surface area contributed by atoms with Crippen molar-refractivity contribution in [2.24, 2.45) is 0 Å². The van der Waals surface area contributed by atoms with Gasteiger partial charge in [0.25, 0.3) is 0 Å². The van der Waals surface area contributed by atoms with Gasteiger partial charge in [-0.25, -0.2) is 9.78 Å². The van der Waals surface area contributed by atoms with Crippen molar-refractivity contribution in [3.63, 3.8) is 0 Å². The van der Waals surface area contributed by atoms with Gasteiger partial charge in [-0.1, -0.05) is 30.3 Å². The number of methoxy groups -OCH3 is 1. The number of nitrogens with one attached hydrogen (secondary N) is 2. The molecule has 134 valence electrons. The third-order valence-electron chi connectivity index (χ3n) is 4.14. The molecule has 0 bridgehead atoms. The molecule has 0 saturated carbocycles. The van der Waals surface area contributed by atoms with Gasteiger partial charge in [0.2, 0.25) is 0 Å². The number of imidazole rings is 1. The van der Waals surface area contributed by atoms with Gasteiger partial charge in [0, 0.05) is 29.7 Å². The predicted octanol–water partition coefficient (Wildman–Crippen LogP) is 4.65. The van der Waals surface area contributed by atoms with Crippen LogP contribution < -0.4 is 15.4 Å². The molecule has 6 nitrogen and oxygen atoms in total. The number of hydrogen-bond donors (Lipinski definition) is 2. The summed E-state index contributed by atoms with van der Waals surface area (Å²) in [6.45, 7) is 0. The lowest BCUT2D eigenvalue weighted by molar-refractivity contribution is 0.262. The molecule has 2 N–H and O–H groups in total. The summed E-state index contributed by atoms with van der Waals surface area (Å²) in [6.07, 6.45) is 3.88. The molecule has 0 saturated heterocycles. The highest BCUT2D eigenvalue weighted by molar-refractivity contribution is 6.02. The fraction of sp³-hybridized carbons (Fsp3) is 0.0476. The highest BCUT2D eigenvalue weighted by Gasteiger charge is 2.11. The number of rotatable bonds is 4. The minimum atomic E-state index is -0.334. The molecule has 6 heteroatoms. The molecule has 0 atom stereocenters. The Morgan fingerprint density at radius 1 is 1.00 bits per heavy atom. The summed E-state index contributed by atoms with van der Waals surface area (Å²) in [6, 6.07) is 20.3. The Bertz CT molecular complexity index is 1070. The van der Waals surface area contributed by atoms with Gasteiger partial charge in [-0.3, -0.25) is 0 Å². The first-order chi connectivity index (χ1) is 13.2. The molecule has 2 aromatic heterocycles. The zero-order valence-corrected chi connectivity index (χ0v) is 14.7. The lowest BCUT2D eigenvalue weighted by Crippen LogP contribution is -2.19. The number of anilines is 2. The van der Waals surface area contributed by atoms with Gasteiger partial charge < -0.3 is 19.8 Å². The number of benzene rings is 2. The van der Waals surface area contributed by atoms with Gasteiger partial charge >= 0.3 is 6.03 Å². The lowest BCUT2D eigenvalue weighted by atomic mass is 10.1. The zero-order chi connectivity index (χ0) is 18.6. The van der Waals surface area contributed by atoms with Crippen LogP contribution >= 0.6 is 0 Å². The van der Waals surface area contributed by atoms with Crippen molar-refractivity contribution in [3.8, 4) is 17.0 Å². The maximum absolute atomic E-state index is 12.4. The molecule has 0 aliphatic heterocycles. The summed E-state index contributed by atoms with van der Waals surface area (Å²) in [7, 11) is 1.59. The van der Waals surface area contributed by atoms with Crippen LogP contribution in [0.5, 0.6) is 5.75 Å². The third-order valence-corrected chi connectivity index (χ3v) is 4.14. The molecule has 2 amide bonds. The first-order valence-corrected chi connectivity index (χ1v) is 8.48. The summed E-state index contributed by atoms with van der Waals surface area (Å²) >= 11 is 0. The molecular weight excluding hydrogens is 340 g/mol. The van der Waals surface area contributed by atoms with E-state index in [0.717, 1.165) is 16.9 Å². The molecule has 0 unspecified atom stereocenters. The number of amides is 2. The SMILES string of the molecule is COc1cccc(NC(=O)Nc2ccccc2-c2cn3ccccc3n2)c1. The van der Waals surface area contributed by atoms with E-state index in [1.165, 1.54) is 0 Å². The quantitative estimate of drug-likeness (QED) is 0.558. The first kappa shape index (κ1) is 16.7. The Morgan fingerprint density at radius 3 is 2.70 bits per heavy atom. The largest absolute Gasteiger partial charge is 0.497 e. The summed E-state index contributed by atoms with van der Waals surface area (Å²) in [5, 5.41) is 5.71. The van der Waals surface area contributed by atoms with Crippen LogP contribution in [0, 0.1) is 0 Å². The van der Waals surface area contributed by atoms with Crippen LogP contribution in [0.3, 0.4) is 0 Å². The van der Waals surface area contributed by atoms with E-state index in [9.17, 15) is 4.79 Å². The summed E-state index contributed by atoms with van der Waals surface area (Å²) in [5.41, 5.74) is 3.82. The van der Waals surface area contributed by atoms with Gasteiger partial charge in [-0.05, 0) is 30.3 Å². The number of para-hydroxylation sites is 1. The molecule has 4 aromatic rings. The molecule has 4 rings (SSSR count). The van der Waals surface area contributed by atoms with E-state index < -0.39 is 0 Å². The molecule has 0 radical (unpaired) electrons. The topological polar surface area (TPSA) is 67.7 Å². The van der Waals surface area contributed by atoms with Crippen LogP contribution in [-0.4, -0.2) is 22.5 Å². The number of carbonyl (C=O) groups is 1. The smallest absolute Gasteiger partial charge is 0.323 e. The van der Waals surface area contributed by atoms with E-state index in [1.54, 1.807) is 19.2 Å². The summed E-state index contributed by atoms with van der Waals surface area (Å²) in [5.74, 6) is 0.679. The second-order valence-corrected chi connectivity index (χ2v) is 5.95. The maximum atomic E-state index is 12.4. The van der Waals surface area contributed by atoms with E-state index in [1.807, 2.05) is 71.4 Å². The average Bonchev–Trinajstić information content (AvgIpc) is 3.12. The van der Waals surface area contributed by atoms with E-state index in [2.05, 4.69) is 15.6 Å². The molecule has 0 spiro atoms. The highest BCUT2D eigenvalue weighted by atomic mass is 16.5. The van der Waals surface area contributed by atoms with E-state index >= 15 is 0 Å². The van der Waals surface area contributed by atoms with E-state index in [-0.39, 0.29) is 6.03 Å². The van der Waals surface area contributed by atoms with Crippen LogP contribution in [0.15, 0.2) is 79.1 Å². The lowest BCUT2D eigenvalue weighted by Gasteiger charge is -2.11. The second kappa shape index (κ2) is 7.21. The first-order valence-electron chi connectivity index (χ1n) is 8.48. The number of carbonyl (C=O) groups excluding carboxylic acids is 1. The van der Waals surface area contributed by atoms with Gasteiger partial charge in [-0.2, -0.15) is 0 Å². The third kappa shape index (κ3) is 3.59. The number of fused-ring (bicyclic) bond motifs is 1. The monoisotopic (exact) mass is 358 g/mol. The zero-order valence-electron chi connectivity index (χ0n) is 14.7. The minimum absolute atomic E-state index is 0.334. The Hall–Kier alpha value is -3.80. The Morgan fingerprint density at radius 2 is 1.85 bits per heavy atom. The van der Waals surface area contributed by atoms with Crippen LogP contribution in [0.1, 0.15) is 0 Å². The van der Waals surface area contributed by atoms with Gasteiger partial charge in [0.05, 0.1) is 18.5 Å². The van der Waals surface area contributed by atoms with Gasteiger partial charge in [0.15, 0.2) is 0 Å². The highest BCUT2D eigenvalue weighted by Crippen LogP contribution is 2.27. The Balaban J connectivity index is 1.58. The van der Waals surface area contributed by atoms with Gasteiger partial charge in [0.1, 0.15) is 11.4 Å². The Labute approximate surface area is 156 Å². The van der Waals surface area contributed by atoms with Crippen molar-refractivity contribution in [2.75, 3.05) is 17.7 Å². The van der Waals surface area contributed by atoms with Crippen LogP contribution in [0.4, 0.5) is 16.2 Å². The van der Waals surface area contributed by atoms with Crippen molar-refractivity contribution in [2.45, 2.75) is 0 Å². The maximum Gasteiger partial charge on any atom is 0.323 e. The van der Waals surface area contributed by atoms with E-state index in [4.69, 9.17) is 4.74 Å². The van der Waals surface area contributed by atoms with Crippen molar-refractivity contribution < 1.29 is 9.53 Å². The number of nitrogens with zero attached hydrogens (tertiary/aromatic N) is 2. The number of hydrogen-bond acceptors (Lipinski definition) is 3. The number of aromatic nitrogens is 2. The summed E-state index contributed by atoms with van der Waals surface area (Å²) < 4.78 is 7.13. The van der Waals surface area contributed by atoms with Crippen LogP contribution in [0.25, 0.3) is 16.9 Å². The number of urea groups is 1. The fourth-order valence-corrected chi connectivity index (χ4v) is 2.87. The van der Waals surface area contributed by atoms with Gasteiger partial charge in [-0.15, -0.1) is 0 Å². The molecule has 2 heterocycles. The average molecular weight is 358 g/mol. The fourth-order valence-electron chi connectivity index (χ4n) is 2.87. The standard InChI is InChI=1S/C21H18N4O2/c1-27-16-8-6-7-15(13-16)22-21(26)24-18-10-3-2-9-17(18)19-14-25-12-5-4-11-20(25)23-19/h2-14H,1H3,(H2,22,24,26). The molecule has 2 aromatic carbocycles. The van der Waals surface area contributed by atoms with Crippen LogP contribution in [0.2, 0.25) is 0 Å². The van der Waals surface area contributed by atoms with Crippen LogP contribution in [-0.2, 0) is 0 Å². The van der Waals surface area contributed by atoms with Crippen molar-refractivity contribution in [1.29, 1.82) is 0 Å². The Kier molecular flexibility index (Phi) is 4.45. The van der Waals surface area contributed by atoms with E-state index in [0.29, 0.717) is 17.1 Å². The molecular formula is C21H18N4O2. The summed E-state index contributed by atoms with van der Waals surface area (Å²) in [4.78, 5) is 17.1. The molecule has 27 heavy (non-hydrogen) atoms. The predicted molar refractivity (Wildman–Crippen MR) is 106 cm³/mol. The van der Waals surface area contributed by atoms with Crippen molar-refractivity contribution in [1.82, 2.24) is 9.38 Å². The van der Waals surface area contributed by atoms with Crippen molar-refractivity contribution >= 4 is 23.1 Å². The molecule has 0 aliphatic rings. The molecule has 0 aliphatic carbocycles. The minimum Gasteiger partial charge on any atom is -0.497 e. The number of ether oxygens (including phenoxy) is 1.